The molecule has 5 rings (SSSR count). The summed E-state index contributed by atoms with van der Waals surface area (Å²) in [5.74, 6) is -0.474. The third kappa shape index (κ3) is 7.86. The van der Waals surface area contributed by atoms with Gasteiger partial charge >= 0.3 is 0 Å². The van der Waals surface area contributed by atoms with Crippen molar-refractivity contribution < 1.29 is 19.2 Å². The Hall–Kier alpha value is -5.19. The highest BCUT2D eigenvalue weighted by molar-refractivity contribution is 6.76. The van der Waals surface area contributed by atoms with E-state index in [1.807, 2.05) is 12.1 Å². The number of hydrogen-bond acceptors (Lipinski definition) is 6. The largest absolute Gasteiger partial charge is 0.360 e. The monoisotopic (exact) mass is 618 g/mol. The Morgan fingerprint density at radius 1 is 0.889 bits per heavy atom. The van der Waals surface area contributed by atoms with Crippen molar-refractivity contribution in [3.63, 3.8) is 0 Å². The molecule has 0 atom stereocenters. The van der Waals surface area contributed by atoms with Gasteiger partial charge in [-0.1, -0.05) is 68.2 Å². The lowest BCUT2D eigenvalue weighted by atomic mass is 10.0. The highest BCUT2D eigenvalue weighted by atomic mass is 28.3. The van der Waals surface area contributed by atoms with E-state index in [2.05, 4.69) is 25.0 Å². The van der Waals surface area contributed by atoms with Crippen LogP contribution in [0.1, 0.15) is 37.5 Å². The second kappa shape index (κ2) is 13.6. The van der Waals surface area contributed by atoms with Crippen LogP contribution in [0.3, 0.4) is 0 Å². The molecule has 0 aliphatic carbocycles. The fourth-order valence-electron chi connectivity index (χ4n) is 4.75. The lowest BCUT2D eigenvalue weighted by molar-refractivity contribution is -0.385. The first-order chi connectivity index (χ1) is 21.6. The summed E-state index contributed by atoms with van der Waals surface area (Å²) in [7, 11) is -1.30. The van der Waals surface area contributed by atoms with Gasteiger partial charge < -0.3 is 10.1 Å². The summed E-state index contributed by atoms with van der Waals surface area (Å²) in [6.45, 7) is 7.64. The maximum atomic E-state index is 13.7. The van der Waals surface area contributed by atoms with Gasteiger partial charge in [0.1, 0.15) is 6.73 Å². The molecule has 4 aromatic carbocycles. The first kappa shape index (κ1) is 31.2. The molecule has 0 aliphatic rings. The van der Waals surface area contributed by atoms with Crippen molar-refractivity contribution in [3.8, 4) is 0 Å². The zero-order valence-corrected chi connectivity index (χ0v) is 26.4. The molecule has 5 aromatic rings. The van der Waals surface area contributed by atoms with Gasteiger partial charge in [0.25, 0.3) is 11.6 Å². The Labute approximate surface area is 262 Å². The van der Waals surface area contributed by atoms with Gasteiger partial charge in [-0.05, 0) is 60.7 Å². The number of amides is 1. The number of hydrogen-bond donors (Lipinski definition) is 1. The van der Waals surface area contributed by atoms with E-state index in [-0.39, 0.29) is 24.1 Å². The smallest absolute Gasteiger partial charge is 0.276 e. The predicted molar refractivity (Wildman–Crippen MR) is 180 cm³/mol. The van der Waals surface area contributed by atoms with Crippen molar-refractivity contribution in [1.82, 2.24) is 9.78 Å². The van der Waals surface area contributed by atoms with Gasteiger partial charge in [-0.2, -0.15) is 5.10 Å². The van der Waals surface area contributed by atoms with Gasteiger partial charge in [0, 0.05) is 48.5 Å². The average Bonchev–Trinajstić information content (AvgIpc) is 3.38. The first-order valence-corrected chi connectivity index (χ1v) is 18.3. The summed E-state index contributed by atoms with van der Waals surface area (Å²) in [6.07, 6.45) is 3.41. The molecule has 0 saturated heterocycles. The molecule has 0 saturated carbocycles. The molecule has 9 nitrogen and oxygen atoms in total. The number of carbonyl (C=O) groups excluding carboxylic acids is 2. The molecule has 1 N–H and O–H groups in total. The Kier molecular flexibility index (Phi) is 9.46. The minimum Gasteiger partial charge on any atom is -0.360 e. The SMILES string of the molecule is C[Si](C)(C)CCOCn1nc(/C=C/c2ccccc2[N+](=O)[O-])c2ccc(C(=O)c3cccc(NC(=O)c4ccccc4)c3)cc21. The molecule has 10 heteroatoms. The molecule has 228 valence electrons. The molecule has 1 heterocycles. The van der Waals surface area contributed by atoms with Crippen LogP contribution in [0.2, 0.25) is 25.7 Å². The number of rotatable bonds is 12. The van der Waals surface area contributed by atoms with Crippen LogP contribution < -0.4 is 5.32 Å². The lowest BCUT2D eigenvalue weighted by Gasteiger charge is -2.15. The molecule has 0 radical (unpaired) electrons. The highest BCUT2D eigenvalue weighted by Gasteiger charge is 2.17. The number of nitro groups is 1. The first-order valence-electron chi connectivity index (χ1n) is 14.6. The molecule has 0 fully saturated rings. The minimum atomic E-state index is -1.30. The average molecular weight is 619 g/mol. The van der Waals surface area contributed by atoms with Crippen molar-refractivity contribution in [2.45, 2.75) is 32.4 Å². The number of para-hydroxylation sites is 1. The Bertz CT molecular complexity index is 1890. The van der Waals surface area contributed by atoms with Crippen LogP contribution in [0.5, 0.6) is 0 Å². The topological polar surface area (TPSA) is 116 Å². The Morgan fingerprint density at radius 2 is 1.60 bits per heavy atom. The van der Waals surface area contributed by atoms with Crippen LogP contribution >= 0.6 is 0 Å². The van der Waals surface area contributed by atoms with E-state index in [0.29, 0.717) is 45.8 Å². The third-order valence-electron chi connectivity index (χ3n) is 7.23. The quantitative estimate of drug-likeness (QED) is 0.0499. The van der Waals surface area contributed by atoms with Crippen LogP contribution in [0.15, 0.2) is 97.1 Å². The predicted octanol–water partition coefficient (Wildman–Crippen LogP) is 7.91. The van der Waals surface area contributed by atoms with Crippen LogP contribution in [-0.4, -0.2) is 41.1 Å². The third-order valence-corrected chi connectivity index (χ3v) is 8.93. The van der Waals surface area contributed by atoms with E-state index in [1.54, 1.807) is 95.7 Å². The number of nitrogens with one attached hydrogen (secondary N) is 1. The van der Waals surface area contributed by atoms with Gasteiger partial charge in [-0.3, -0.25) is 19.7 Å². The molecular weight excluding hydrogens is 584 g/mol. The standard InChI is InChI=1S/C35H34N4O5Si/c1-45(2,3)21-20-44-24-38-33-23-28(16-18-30(33)31(37-38)19-17-25-10-7-8-15-32(25)39(42)43)34(40)27-13-9-14-29(22-27)36-35(41)26-11-5-4-6-12-26/h4-19,22-23H,20-21,24H2,1-3H3,(H,36,41)/b19-17+. The van der Waals surface area contributed by atoms with Crippen molar-refractivity contribution in [1.29, 1.82) is 0 Å². The lowest BCUT2D eigenvalue weighted by Crippen LogP contribution is -2.22. The number of nitrogens with zero attached hydrogens (tertiary/aromatic N) is 3. The van der Waals surface area contributed by atoms with Crippen molar-refractivity contribution in [2.24, 2.45) is 0 Å². The van der Waals surface area contributed by atoms with E-state index >= 15 is 0 Å². The molecule has 0 spiro atoms. The number of aromatic nitrogens is 2. The van der Waals surface area contributed by atoms with Crippen molar-refractivity contribution in [2.75, 3.05) is 11.9 Å². The van der Waals surface area contributed by atoms with E-state index < -0.39 is 13.0 Å². The molecule has 0 bridgehead atoms. The van der Waals surface area contributed by atoms with Gasteiger partial charge in [0.15, 0.2) is 5.78 Å². The van der Waals surface area contributed by atoms with E-state index in [4.69, 9.17) is 9.84 Å². The summed E-state index contributed by atoms with van der Waals surface area (Å²) >= 11 is 0. The maximum absolute atomic E-state index is 13.7. The van der Waals surface area contributed by atoms with E-state index in [9.17, 15) is 19.7 Å². The molecule has 0 unspecified atom stereocenters. The summed E-state index contributed by atoms with van der Waals surface area (Å²) in [4.78, 5) is 37.4. The summed E-state index contributed by atoms with van der Waals surface area (Å²) in [6, 6.07) is 28.6. The normalized spacial score (nSPS) is 11.6. The summed E-state index contributed by atoms with van der Waals surface area (Å²) in [5.41, 5.74) is 3.67. The van der Waals surface area contributed by atoms with Crippen LogP contribution in [-0.2, 0) is 11.5 Å². The second-order valence-corrected chi connectivity index (χ2v) is 17.5. The van der Waals surface area contributed by atoms with Crippen LogP contribution in [0.25, 0.3) is 23.1 Å². The van der Waals surface area contributed by atoms with E-state index in [0.717, 1.165) is 11.4 Å². The Balaban J connectivity index is 1.45. The van der Waals surface area contributed by atoms with Crippen LogP contribution in [0, 0.1) is 10.1 Å². The number of nitro benzene ring substituents is 1. The van der Waals surface area contributed by atoms with Gasteiger partial charge in [0.2, 0.25) is 0 Å². The molecule has 1 amide bonds. The molecule has 45 heavy (non-hydrogen) atoms. The van der Waals surface area contributed by atoms with Crippen molar-refractivity contribution >= 4 is 54.2 Å². The van der Waals surface area contributed by atoms with Crippen LogP contribution in [0.4, 0.5) is 11.4 Å². The summed E-state index contributed by atoms with van der Waals surface area (Å²) < 4.78 is 7.72. The van der Waals surface area contributed by atoms with Crippen molar-refractivity contribution in [3.05, 3.63) is 135 Å². The fourth-order valence-corrected chi connectivity index (χ4v) is 5.51. The minimum absolute atomic E-state index is 0.00207. The fraction of sp³-hybridized carbons (Fsp3) is 0.171. The summed E-state index contributed by atoms with van der Waals surface area (Å²) in [5, 5.41) is 19.9. The van der Waals surface area contributed by atoms with Gasteiger partial charge in [-0.25, -0.2) is 4.68 Å². The molecule has 1 aromatic heterocycles. The van der Waals surface area contributed by atoms with Gasteiger partial charge in [0.05, 0.1) is 21.7 Å². The number of ketones is 1. The van der Waals surface area contributed by atoms with E-state index in [1.165, 1.54) is 6.07 Å². The number of ether oxygens (including phenoxy) is 1. The maximum Gasteiger partial charge on any atom is 0.276 e. The highest BCUT2D eigenvalue weighted by Crippen LogP contribution is 2.26. The zero-order valence-electron chi connectivity index (χ0n) is 25.4. The molecule has 0 aliphatic heterocycles. The number of benzene rings is 4. The molecular formula is C35H34N4O5Si. The number of fused-ring (bicyclic) bond motifs is 1. The Morgan fingerprint density at radius 3 is 2.36 bits per heavy atom. The number of carbonyl (C=O) groups is 2. The van der Waals surface area contributed by atoms with Gasteiger partial charge in [-0.15, -0.1) is 0 Å². The zero-order chi connectivity index (χ0) is 32.0. The second-order valence-electron chi connectivity index (χ2n) is 11.8. The number of anilines is 1.